The van der Waals surface area contributed by atoms with Crippen LogP contribution in [0.15, 0.2) is 48.7 Å². The molecule has 2 amide bonds. The average molecular weight is 610 g/mol. The third-order valence-electron chi connectivity index (χ3n) is 8.03. The number of rotatable bonds is 5. The standard InChI is InChI=1S/C34H36FN7O3/c1-34(2,3)45-33(44)42-13-5-12-41(14-15-42)31-27(32(43)38-25-9-10-25)18-26(21-8-11-29-24(16-21)20-37-40(29)4)30(39-31)22-6-7-23(19-36)28(35)17-22/h6-8,11,16-18,20,25H,5,9-10,12-15H2,1-4H3,(H,38,43). The molecule has 3 heterocycles. The quantitative estimate of drug-likeness (QED) is 0.311. The molecule has 10 nitrogen and oxygen atoms in total. The summed E-state index contributed by atoms with van der Waals surface area (Å²) in [6.07, 6.45) is 3.90. The van der Waals surface area contributed by atoms with E-state index in [1.165, 1.54) is 12.1 Å². The summed E-state index contributed by atoms with van der Waals surface area (Å²) < 4.78 is 22.4. The zero-order valence-electron chi connectivity index (χ0n) is 25.9. The van der Waals surface area contributed by atoms with Crippen molar-refractivity contribution in [3.8, 4) is 28.5 Å². The Kier molecular flexibility index (Phi) is 7.91. The molecule has 2 aromatic heterocycles. The minimum atomic E-state index is -0.648. The van der Waals surface area contributed by atoms with Gasteiger partial charge in [0.2, 0.25) is 0 Å². The molecule has 4 aromatic rings. The van der Waals surface area contributed by atoms with E-state index < -0.39 is 11.4 Å². The fourth-order valence-corrected chi connectivity index (χ4v) is 5.57. The van der Waals surface area contributed by atoms with Crippen molar-refractivity contribution >= 4 is 28.7 Å². The van der Waals surface area contributed by atoms with Gasteiger partial charge in [0.25, 0.3) is 5.91 Å². The number of nitrogens with one attached hydrogen (secondary N) is 1. The van der Waals surface area contributed by atoms with E-state index in [4.69, 9.17) is 9.72 Å². The Hall–Kier alpha value is -4.98. The van der Waals surface area contributed by atoms with Crippen molar-refractivity contribution in [2.45, 2.75) is 51.7 Å². The zero-order chi connectivity index (χ0) is 31.9. The fourth-order valence-electron chi connectivity index (χ4n) is 5.57. The molecule has 2 aromatic carbocycles. The lowest BCUT2D eigenvalue weighted by molar-refractivity contribution is 0.0263. The predicted octanol–water partition coefficient (Wildman–Crippen LogP) is 5.65. The lowest BCUT2D eigenvalue weighted by atomic mass is 9.95. The highest BCUT2D eigenvalue weighted by molar-refractivity contribution is 6.02. The van der Waals surface area contributed by atoms with Gasteiger partial charge in [-0.1, -0.05) is 12.1 Å². The first-order valence-electron chi connectivity index (χ1n) is 15.2. The second kappa shape index (κ2) is 11.8. The molecule has 1 saturated heterocycles. The molecule has 6 rings (SSSR count). The Morgan fingerprint density at radius 2 is 1.82 bits per heavy atom. The molecule has 0 unspecified atom stereocenters. The van der Waals surface area contributed by atoms with Crippen molar-refractivity contribution in [3.63, 3.8) is 0 Å². The molecule has 0 spiro atoms. The van der Waals surface area contributed by atoms with Gasteiger partial charge in [-0.05, 0) is 75.9 Å². The fraction of sp³-hybridized carbons (Fsp3) is 0.382. The zero-order valence-corrected chi connectivity index (χ0v) is 25.9. The molecule has 2 fully saturated rings. The van der Waals surface area contributed by atoms with Crippen molar-refractivity contribution in [1.82, 2.24) is 25.0 Å². The molecule has 0 atom stereocenters. The molecule has 1 saturated carbocycles. The largest absolute Gasteiger partial charge is 0.444 e. The number of aromatic nitrogens is 3. The first-order valence-corrected chi connectivity index (χ1v) is 15.2. The van der Waals surface area contributed by atoms with Gasteiger partial charge in [0.15, 0.2) is 0 Å². The van der Waals surface area contributed by atoms with E-state index in [0.717, 1.165) is 29.3 Å². The Bertz CT molecular complexity index is 1830. The maximum Gasteiger partial charge on any atom is 0.410 e. The molecule has 45 heavy (non-hydrogen) atoms. The summed E-state index contributed by atoms with van der Waals surface area (Å²) in [7, 11) is 1.87. The van der Waals surface area contributed by atoms with E-state index in [9.17, 15) is 19.2 Å². The molecular formula is C34H36FN7O3. The highest BCUT2D eigenvalue weighted by Gasteiger charge is 2.30. The molecule has 0 radical (unpaired) electrons. The summed E-state index contributed by atoms with van der Waals surface area (Å²) in [6.45, 7) is 7.39. The number of hydrogen-bond donors (Lipinski definition) is 1. The number of halogens is 1. The highest BCUT2D eigenvalue weighted by Crippen LogP contribution is 2.37. The monoisotopic (exact) mass is 609 g/mol. The first-order chi connectivity index (χ1) is 21.5. The normalized spacial score (nSPS) is 15.5. The van der Waals surface area contributed by atoms with E-state index in [2.05, 4.69) is 10.4 Å². The third kappa shape index (κ3) is 6.45. The van der Waals surface area contributed by atoms with Gasteiger partial charge in [-0.2, -0.15) is 10.4 Å². The SMILES string of the molecule is Cn1ncc2cc(-c3cc(C(=O)NC4CC4)c(N4CCCN(C(=O)OC(C)(C)C)CC4)nc3-c3ccc(C#N)c(F)c3)ccc21. The lowest BCUT2D eigenvalue weighted by Gasteiger charge is -2.27. The molecular weight excluding hydrogens is 573 g/mol. The maximum atomic E-state index is 15.0. The summed E-state index contributed by atoms with van der Waals surface area (Å²) in [5, 5.41) is 17.7. The van der Waals surface area contributed by atoms with Crippen LogP contribution in [-0.4, -0.2) is 69.5 Å². The number of ether oxygens (including phenoxy) is 1. The van der Waals surface area contributed by atoms with Crippen LogP contribution in [0.4, 0.5) is 15.0 Å². The van der Waals surface area contributed by atoms with Crippen LogP contribution in [0.3, 0.4) is 0 Å². The van der Waals surface area contributed by atoms with Gasteiger partial charge in [-0.15, -0.1) is 0 Å². The number of pyridine rings is 1. The van der Waals surface area contributed by atoms with Gasteiger partial charge in [-0.25, -0.2) is 14.2 Å². The number of nitrogens with zero attached hydrogens (tertiary/aromatic N) is 6. The predicted molar refractivity (Wildman–Crippen MR) is 169 cm³/mol. The number of benzene rings is 2. The van der Waals surface area contributed by atoms with Gasteiger partial charge in [-0.3, -0.25) is 9.48 Å². The highest BCUT2D eigenvalue weighted by atomic mass is 19.1. The van der Waals surface area contributed by atoms with Crippen molar-refractivity contribution in [3.05, 3.63) is 65.6 Å². The summed E-state index contributed by atoms with van der Waals surface area (Å²) >= 11 is 0. The maximum absolute atomic E-state index is 15.0. The Morgan fingerprint density at radius 1 is 1.04 bits per heavy atom. The minimum Gasteiger partial charge on any atom is -0.444 e. The number of nitriles is 1. The topological polar surface area (TPSA) is 116 Å². The van der Waals surface area contributed by atoms with Crippen LogP contribution >= 0.6 is 0 Å². The Labute approximate surface area is 261 Å². The van der Waals surface area contributed by atoms with E-state index >= 15 is 0 Å². The van der Waals surface area contributed by atoms with Crippen LogP contribution in [0.2, 0.25) is 0 Å². The number of fused-ring (bicyclic) bond motifs is 1. The summed E-state index contributed by atoms with van der Waals surface area (Å²) in [5.74, 6) is -0.412. The number of aryl methyl sites for hydroxylation is 1. The van der Waals surface area contributed by atoms with E-state index in [0.29, 0.717) is 60.8 Å². The van der Waals surface area contributed by atoms with Gasteiger partial charge in [0, 0.05) is 55.8 Å². The van der Waals surface area contributed by atoms with Gasteiger partial charge in [0.1, 0.15) is 23.3 Å². The minimum absolute atomic E-state index is 0.0625. The van der Waals surface area contributed by atoms with Gasteiger partial charge < -0.3 is 19.9 Å². The van der Waals surface area contributed by atoms with Gasteiger partial charge >= 0.3 is 6.09 Å². The van der Waals surface area contributed by atoms with E-state index in [-0.39, 0.29) is 23.6 Å². The number of carbonyl (C=O) groups is 2. The molecule has 11 heteroatoms. The number of amides is 2. The number of hydrogen-bond acceptors (Lipinski definition) is 7. The second-order valence-electron chi connectivity index (χ2n) is 12.7. The van der Waals surface area contributed by atoms with Crippen LogP contribution in [0.1, 0.15) is 56.0 Å². The molecule has 0 bridgehead atoms. The summed E-state index contributed by atoms with van der Waals surface area (Å²) in [5.41, 5.74) is 3.08. The molecule has 1 aliphatic carbocycles. The van der Waals surface area contributed by atoms with Crippen molar-refractivity contribution in [2.24, 2.45) is 7.05 Å². The average Bonchev–Trinajstić information content (AvgIpc) is 3.79. The van der Waals surface area contributed by atoms with Crippen molar-refractivity contribution in [2.75, 3.05) is 31.1 Å². The van der Waals surface area contributed by atoms with E-state index in [1.807, 2.05) is 63.1 Å². The Balaban J connectivity index is 1.47. The van der Waals surface area contributed by atoms with Crippen molar-refractivity contribution in [1.29, 1.82) is 5.26 Å². The molecule has 2 aliphatic rings. The van der Waals surface area contributed by atoms with Crippen LogP contribution in [0.25, 0.3) is 33.3 Å². The van der Waals surface area contributed by atoms with Crippen LogP contribution in [-0.2, 0) is 11.8 Å². The Morgan fingerprint density at radius 3 is 2.53 bits per heavy atom. The van der Waals surface area contributed by atoms with Crippen molar-refractivity contribution < 1.29 is 18.7 Å². The lowest BCUT2D eigenvalue weighted by Crippen LogP contribution is -2.39. The number of anilines is 1. The molecule has 1 aliphatic heterocycles. The first kappa shape index (κ1) is 30.1. The second-order valence-corrected chi connectivity index (χ2v) is 12.7. The number of carbonyl (C=O) groups excluding carboxylic acids is 2. The smallest absolute Gasteiger partial charge is 0.410 e. The summed E-state index contributed by atoms with van der Waals surface area (Å²) in [4.78, 5) is 35.5. The van der Waals surface area contributed by atoms with Crippen LogP contribution < -0.4 is 10.2 Å². The molecule has 232 valence electrons. The van der Waals surface area contributed by atoms with E-state index in [1.54, 1.807) is 21.8 Å². The molecule has 1 N–H and O–H groups in total. The van der Waals surface area contributed by atoms with Crippen LogP contribution in [0, 0.1) is 17.1 Å². The van der Waals surface area contributed by atoms with Gasteiger partial charge in [0.05, 0.1) is 28.5 Å². The van der Waals surface area contributed by atoms with Crippen LogP contribution in [0.5, 0.6) is 0 Å². The summed E-state index contributed by atoms with van der Waals surface area (Å²) in [6, 6.07) is 14.2. The third-order valence-corrected chi connectivity index (χ3v) is 8.03.